The van der Waals surface area contributed by atoms with Crippen LogP contribution in [0.15, 0.2) is 206 Å². The number of aryl methyl sites for hydroxylation is 2. The van der Waals surface area contributed by atoms with E-state index in [0.717, 1.165) is 46.7 Å². The molecule has 0 bridgehead atoms. The Kier molecular flexibility index (Phi) is 10.3. The molecule has 0 saturated carbocycles. The van der Waals surface area contributed by atoms with Crippen LogP contribution < -0.4 is 9.80 Å². The van der Waals surface area contributed by atoms with Gasteiger partial charge in [-0.05, 0) is 120 Å². The highest BCUT2D eigenvalue weighted by Gasteiger charge is 2.27. The second kappa shape index (κ2) is 16.8. The van der Waals surface area contributed by atoms with Gasteiger partial charge in [0.1, 0.15) is 0 Å². The molecule has 60 heavy (non-hydrogen) atoms. The topological polar surface area (TPSA) is 6.48 Å². The summed E-state index contributed by atoms with van der Waals surface area (Å²) in [6.07, 6.45) is 13.4. The fourth-order valence-corrected chi connectivity index (χ4v) is 8.80. The molecule has 0 spiro atoms. The minimum atomic E-state index is 1.10. The predicted molar refractivity (Wildman–Crippen MR) is 258 cm³/mol. The molecule has 0 radical (unpaired) electrons. The first-order valence-corrected chi connectivity index (χ1v) is 21.1. The highest BCUT2D eigenvalue weighted by Crippen LogP contribution is 2.52. The number of para-hydroxylation sites is 2. The minimum absolute atomic E-state index is 1.10. The Morgan fingerprint density at radius 2 is 0.583 bits per heavy atom. The van der Waals surface area contributed by atoms with Crippen molar-refractivity contribution in [1.82, 2.24) is 0 Å². The maximum atomic E-state index is 2.53. The van der Waals surface area contributed by atoms with E-state index >= 15 is 0 Å². The third-order valence-corrected chi connectivity index (χ3v) is 11.7. The lowest BCUT2D eigenvalue weighted by atomic mass is 9.86. The second-order valence-electron chi connectivity index (χ2n) is 15.6. The standard InChI is InChI=1S/C58H46N2/c1-5-17-43(18-6-1)29-31-45-33-37-51(38-34-45)59(49-23-9-3-10-24-49)57-53-27-15-16-28-54(53)58(56-42-48-22-14-13-21-47(48)41-55(56)57)60(50-25-11-4-12-26-50)52-39-35-46(36-40-52)32-30-44-19-7-2-8-20-44/h1-12,15-20,23-42H,13-14,21-22H2. The molecule has 2 nitrogen and oxygen atoms in total. The van der Waals surface area contributed by atoms with Crippen LogP contribution in [0.5, 0.6) is 0 Å². The van der Waals surface area contributed by atoms with E-state index in [2.05, 4.69) is 240 Å². The van der Waals surface area contributed by atoms with E-state index in [4.69, 9.17) is 0 Å². The highest BCUT2D eigenvalue weighted by molar-refractivity contribution is 6.23. The highest BCUT2D eigenvalue weighted by atomic mass is 15.2. The molecule has 0 aliphatic heterocycles. The van der Waals surface area contributed by atoms with Crippen molar-refractivity contribution >= 4 is 80.0 Å². The molecule has 0 atom stereocenters. The minimum Gasteiger partial charge on any atom is -0.309 e. The molecule has 0 N–H and O–H groups in total. The first-order chi connectivity index (χ1) is 29.8. The van der Waals surface area contributed by atoms with Crippen LogP contribution in [-0.2, 0) is 12.8 Å². The molecular weight excluding hydrogens is 725 g/mol. The van der Waals surface area contributed by atoms with E-state index in [9.17, 15) is 0 Å². The van der Waals surface area contributed by atoms with Crippen molar-refractivity contribution in [3.05, 3.63) is 240 Å². The zero-order chi connectivity index (χ0) is 40.1. The largest absolute Gasteiger partial charge is 0.309 e. The summed E-state index contributed by atoms with van der Waals surface area (Å²) >= 11 is 0. The fraction of sp³-hybridized carbons (Fsp3) is 0.0690. The molecule has 9 aromatic carbocycles. The van der Waals surface area contributed by atoms with Crippen molar-refractivity contribution in [3.8, 4) is 0 Å². The van der Waals surface area contributed by atoms with Gasteiger partial charge < -0.3 is 9.80 Å². The number of hydrogen-bond donors (Lipinski definition) is 0. The first-order valence-electron chi connectivity index (χ1n) is 21.1. The Balaban J connectivity index is 1.19. The number of benzene rings is 9. The van der Waals surface area contributed by atoms with Crippen molar-refractivity contribution in [2.75, 3.05) is 9.80 Å². The summed E-state index contributed by atoms with van der Waals surface area (Å²) in [7, 11) is 0. The van der Waals surface area contributed by atoms with E-state index < -0.39 is 0 Å². The lowest BCUT2D eigenvalue weighted by Gasteiger charge is -2.33. The van der Waals surface area contributed by atoms with Crippen molar-refractivity contribution < 1.29 is 0 Å². The first kappa shape index (κ1) is 36.9. The molecule has 0 amide bonds. The summed E-state index contributed by atoms with van der Waals surface area (Å²) in [5, 5.41) is 4.92. The SMILES string of the molecule is C(=Cc1ccc(N(c2ccccc2)c2c3ccccc3c(N(c3ccccc3)c3ccc(C=Cc4ccccc4)cc3)c3cc4c(cc23)CCCC4)cc1)c1ccccc1. The molecule has 9 aromatic rings. The summed E-state index contributed by atoms with van der Waals surface area (Å²) in [6.45, 7) is 0. The molecular formula is C58H46N2. The van der Waals surface area contributed by atoms with Crippen LogP contribution in [0.25, 0.3) is 45.8 Å². The maximum absolute atomic E-state index is 2.53. The smallest absolute Gasteiger partial charge is 0.0620 e. The van der Waals surface area contributed by atoms with Crippen LogP contribution in [0.2, 0.25) is 0 Å². The van der Waals surface area contributed by atoms with Gasteiger partial charge in [0, 0.05) is 44.3 Å². The van der Waals surface area contributed by atoms with Crippen LogP contribution in [0, 0.1) is 0 Å². The summed E-state index contributed by atoms with van der Waals surface area (Å²) in [4.78, 5) is 4.96. The van der Waals surface area contributed by atoms with Crippen LogP contribution in [-0.4, -0.2) is 0 Å². The quantitative estimate of drug-likeness (QED) is 0.0776. The second-order valence-corrected chi connectivity index (χ2v) is 15.6. The number of rotatable bonds is 10. The van der Waals surface area contributed by atoms with Gasteiger partial charge in [0.2, 0.25) is 0 Å². The third kappa shape index (κ3) is 7.52. The zero-order valence-corrected chi connectivity index (χ0v) is 33.7. The molecule has 0 saturated heterocycles. The monoisotopic (exact) mass is 770 g/mol. The number of fused-ring (bicyclic) bond motifs is 3. The average Bonchev–Trinajstić information content (AvgIpc) is 3.32. The van der Waals surface area contributed by atoms with Gasteiger partial charge in [-0.2, -0.15) is 0 Å². The number of anilines is 6. The Labute approximate surface area is 353 Å². The molecule has 0 unspecified atom stereocenters. The van der Waals surface area contributed by atoms with Gasteiger partial charge in [0.05, 0.1) is 11.4 Å². The van der Waals surface area contributed by atoms with Gasteiger partial charge in [-0.1, -0.05) is 170 Å². The van der Waals surface area contributed by atoms with Crippen LogP contribution >= 0.6 is 0 Å². The van der Waals surface area contributed by atoms with Gasteiger partial charge >= 0.3 is 0 Å². The van der Waals surface area contributed by atoms with Crippen molar-refractivity contribution in [2.45, 2.75) is 25.7 Å². The summed E-state index contributed by atoms with van der Waals surface area (Å²) in [5.74, 6) is 0. The fourth-order valence-electron chi connectivity index (χ4n) is 8.80. The lowest BCUT2D eigenvalue weighted by molar-refractivity contribution is 0.687. The van der Waals surface area contributed by atoms with Crippen LogP contribution in [0.1, 0.15) is 46.2 Å². The van der Waals surface area contributed by atoms with Gasteiger partial charge in [0.15, 0.2) is 0 Å². The Bertz CT molecular complexity index is 2730. The molecule has 1 aliphatic carbocycles. The molecule has 0 heterocycles. The van der Waals surface area contributed by atoms with Gasteiger partial charge in [-0.25, -0.2) is 0 Å². The molecule has 2 heteroatoms. The van der Waals surface area contributed by atoms with Crippen molar-refractivity contribution in [2.24, 2.45) is 0 Å². The van der Waals surface area contributed by atoms with E-state index in [1.54, 1.807) is 0 Å². The van der Waals surface area contributed by atoms with Crippen molar-refractivity contribution in [3.63, 3.8) is 0 Å². The van der Waals surface area contributed by atoms with Crippen molar-refractivity contribution in [1.29, 1.82) is 0 Å². The van der Waals surface area contributed by atoms with E-state index in [1.807, 2.05) is 0 Å². The molecule has 0 aromatic heterocycles. The molecule has 288 valence electrons. The van der Waals surface area contributed by atoms with Crippen LogP contribution in [0.4, 0.5) is 34.1 Å². The third-order valence-electron chi connectivity index (χ3n) is 11.7. The molecule has 1 aliphatic rings. The number of hydrogen-bond acceptors (Lipinski definition) is 2. The lowest BCUT2D eigenvalue weighted by Crippen LogP contribution is -2.15. The Hall–Kier alpha value is -7.42. The molecule has 10 rings (SSSR count). The van der Waals surface area contributed by atoms with Gasteiger partial charge in [-0.15, -0.1) is 0 Å². The maximum Gasteiger partial charge on any atom is 0.0620 e. The zero-order valence-electron chi connectivity index (χ0n) is 33.7. The van der Waals surface area contributed by atoms with Gasteiger partial charge in [0.25, 0.3) is 0 Å². The van der Waals surface area contributed by atoms with E-state index in [-0.39, 0.29) is 0 Å². The van der Waals surface area contributed by atoms with Gasteiger partial charge in [-0.3, -0.25) is 0 Å². The van der Waals surface area contributed by atoms with Crippen LogP contribution in [0.3, 0.4) is 0 Å². The number of nitrogens with zero attached hydrogens (tertiary/aromatic N) is 2. The summed E-state index contributed by atoms with van der Waals surface area (Å²) in [5.41, 5.74) is 14.5. The summed E-state index contributed by atoms with van der Waals surface area (Å²) < 4.78 is 0. The Morgan fingerprint density at radius 1 is 0.283 bits per heavy atom. The average molecular weight is 771 g/mol. The van der Waals surface area contributed by atoms with E-state index in [1.165, 1.54) is 68.0 Å². The predicted octanol–water partition coefficient (Wildman–Crippen LogP) is 16.2. The van der Waals surface area contributed by atoms with E-state index in [0.29, 0.717) is 0 Å². The Morgan fingerprint density at radius 3 is 0.950 bits per heavy atom. The summed E-state index contributed by atoms with van der Waals surface area (Å²) in [6, 6.07) is 74.9. The molecule has 0 fully saturated rings. The normalized spacial score (nSPS) is 12.6.